The summed E-state index contributed by atoms with van der Waals surface area (Å²) in [5.41, 5.74) is 8.52. The van der Waals surface area contributed by atoms with Crippen LogP contribution in [-0.4, -0.2) is 20.3 Å². The van der Waals surface area contributed by atoms with Crippen molar-refractivity contribution in [3.8, 4) is 11.5 Å². The molecule has 2 unspecified atom stereocenters. The maximum atomic E-state index is 6.13. The van der Waals surface area contributed by atoms with Gasteiger partial charge in [0.25, 0.3) is 0 Å². The van der Waals surface area contributed by atoms with Crippen molar-refractivity contribution in [1.82, 2.24) is 0 Å². The van der Waals surface area contributed by atoms with Crippen molar-refractivity contribution in [2.75, 3.05) is 14.2 Å². The van der Waals surface area contributed by atoms with Crippen LogP contribution in [0.3, 0.4) is 0 Å². The van der Waals surface area contributed by atoms with Gasteiger partial charge in [0, 0.05) is 17.5 Å². The summed E-state index contributed by atoms with van der Waals surface area (Å²) in [5.74, 6) is 2.16. The first-order valence-corrected chi connectivity index (χ1v) is 5.91. The Hall–Kier alpha value is -1.22. The highest BCUT2D eigenvalue weighted by Crippen LogP contribution is 2.59. The van der Waals surface area contributed by atoms with E-state index in [0.29, 0.717) is 5.92 Å². The molecule has 1 fully saturated rings. The topological polar surface area (TPSA) is 44.5 Å². The second kappa shape index (κ2) is 3.91. The maximum absolute atomic E-state index is 6.13. The van der Waals surface area contributed by atoms with E-state index >= 15 is 0 Å². The van der Waals surface area contributed by atoms with Gasteiger partial charge in [-0.25, -0.2) is 0 Å². The molecular formula is C14H21NO2. The largest absolute Gasteiger partial charge is 0.496 e. The van der Waals surface area contributed by atoms with Crippen LogP contribution in [0.15, 0.2) is 12.1 Å². The van der Waals surface area contributed by atoms with Crippen molar-refractivity contribution in [3.63, 3.8) is 0 Å². The third-order valence-electron chi connectivity index (χ3n) is 3.99. The van der Waals surface area contributed by atoms with Gasteiger partial charge in [-0.15, -0.1) is 0 Å². The summed E-state index contributed by atoms with van der Waals surface area (Å²) in [6.45, 7) is 6.39. The predicted molar refractivity (Wildman–Crippen MR) is 68.8 cm³/mol. The third-order valence-corrected chi connectivity index (χ3v) is 3.99. The van der Waals surface area contributed by atoms with Crippen LogP contribution in [-0.2, 0) is 0 Å². The highest BCUT2D eigenvalue weighted by molar-refractivity contribution is 5.51. The van der Waals surface area contributed by atoms with E-state index < -0.39 is 0 Å². The zero-order valence-corrected chi connectivity index (χ0v) is 11.2. The average Bonchev–Trinajstić information content (AvgIpc) is 2.78. The van der Waals surface area contributed by atoms with Crippen LogP contribution in [0.25, 0.3) is 0 Å². The quantitative estimate of drug-likeness (QED) is 0.875. The highest BCUT2D eigenvalue weighted by Gasteiger charge is 2.57. The van der Waals surface area contributed by atoms with E-state index in [2.05, 4.69) is 19.9 Å². The monoisotopic (exact) mass is 235 g/mol. The number of hydrogen-bond acceptors (Lipinski definition) is 3. The lowest BCUT2D eigenvalue weighted by Gasteiger charge is -2.13. The van der Waals surface area contributed by atoms with E-state index in [1.165, 1.54) is 0 Å². The molecule has 2 atom stereocenters. The van der Waals surface area contributed by atoms with Gasteiger partial charge in [-0.1, -0.05) is 13.8 Å². The van der Waals surface area contributed by atoms with E-state index in [1.54, 1.807) is 14.2 Å². The molecule has 3 heteroatoms. The molecule has 2 N–H and O–H groups in total. The molecule has 0 heterocycles. The van der Waals surface area contributed by atoms with Gasteiger partial charge in [0.2, 0.25) is 0 Å². The summed E-state index contributed by atoms with van der Waals surface area (Å²) in [5, 5.41) is 0. The first-order valence-electron chi connectivity index (χ1n) is 5.91. The van der Waals surface area contributed by atoms with Crippen molar-refractivity contribution in [2.45, 2.75) is 32.7 Å². The van der Waals surface area contributed by atoms with Crippen LogP contribution >= 0.6 is 0 Å². The Balaban J connectivity index is 2.46. The Bertz CT molecular complexity index is 440. The number of rotatable bonds is 3. The molecule has 0 spiro atoms. The van der Waals surface area contributed by atoms with Crippen molar-refractivity contribution in [3.05, 3.63) is 23.3 Å². The maximum Gasteiger partial charge on any atom is 0.122 e. The van der Waals surface area contributed by atoms with Gasteiger partial charge in [-0.05, 0) is 30.0 Å². The molecular weight excluding hydrogens is 214 g/mol. The van der Waals surface area contributed by atoms with Crippen molar-refractivity contribution in [1.29, 1.82) is 0 Å². The molecule has 0 radical (unpaired) electrons. The summed E-state index contributed by atoms with van der Waals surface area (Å²) in [4.78, 5) is 0. The molecule has 0 bridgehead atoms. The normalized spacial score (nSPS) is 25.5. The molecule has 17 heavy (non-hydrogen) atoms. The minimum Gasteiger partial charge on any atom is -0.496 e. The Labute approximate surface area is 103 Å². The molecule has 94 valence electrons. The summed E-state index contributed by atoms with van der Waals surface area (Å²) >= 11 is 0. The number of aryl methyl sites for hydroxylation is 1. The molecule has 0 aromatic heterocycles. The van der Waals surface area contributed by atoms with Crippen LogP contribution in [0.1, 0.15) is 30.9 Å². The van der Waals surface area contributed by atoms with Gasteiger partial charge >= 0.3 is 0 Å². The van der Waals surface area contributed by atoms with Gasteiger partial charge in [0.1, 0.15) is 11.5 Å². The van der Waals surface area contributed by atoms with Crippen LogP contribution in [0, 0.1) is 12.3 Å². The second-order valence-electron chi connectivity index (χ2n) is 5.39. The number of methoxy groups -OCH3 is 2. The van der Waals surface area contributed by atoms with Crippen molar-refractivity contribution < 1.29 is 9.47 Å². The fourth-order valence-electron chi connectivity index (χ4n) is 2.59. The lowest BCUT2D eigenvalue weighted by molar-refractivity contribution is 0.395. The van der Waals surface area contributed by atoms with Gasteiger partial charge in [-0.3, -0.25) is 0 Å². The van der Waals surface area contributed by atoms with E-state index in [1.807, 2.05) is 13.0 Å². The highest BCUT2D eigenvalue weighted by atomic mass is 16.5. The molecule has 0 saturated heterocycles. The fourth-order valence-corrected chi connectivity index (χ4v) is 2.59. The van der Waals surface area contributed by atoms with Crippen LogP contribution in [0.2, 0.25) is 0 Å². The molecule has 1 aliphatic rings. The molecule has 3 nitrogen and oxygen atoms in total. The first-order chi connectivity index (χ1) is 7.93. The summed E-state index contributed by atoms with van der Waals surface area (Å²) in [6.07, 6.45) is 0. The Morgan fingerprint density at radius 3 is 2.06 bits per heavy atom. The minimum atomic E-state index is 0.146. The Morgan fingerprint density at radius 1 is 1.12 bits per heavy atom. The van der Waals surface area contributed by atoms with E-state index in [9.17, 15) is 0 Å². The van der Waals surface area contributed by atoms with Crippen molar-refractivity contribution >= 4 is 0 Å². The first kappa shape index (κ1) is 12.2. The van der Waals surface area contributed by atoms with E-state index in [0.717, 1.165) is 22.6 Å². The summed E-state index contributed by atoms with van der Waals surface area (Å²) in [6, 6.07) is 4.28. The van der Waals surface area contributed by atoms with Gasteiger partial charge in [0.05, 0.1) is 14.2 Å². The van der Waals surface area contributed by atoms with Crippen molar-refractivity contribution in [2.24, 2.45) is 11.1 Å². The molecule has 0 amide bonds. The predicted octanol–water partition coefficient (Wildman–Crippen LogP) is 2.46. The van der Waals surface area contributed by atoms with Gasteiger partial charge in [0.15, 0.2) is 0 Å². The molecule has 1 aromatic rings. The molecule has 1 aromatic carbocycles. The van der Waals surface area contributed by atoms with Gasteiger partial charge < -0.3 is 15.2 Å². The summed E-state index contributed by atoms with van der Waals surface area (Å²) < 4.78 is 10.8. The van der Waals surface area contributed by atoms with Crippen LogP contribution in [0.5, 0.6) is 11.5 Å². The smallest absolute Gasteiger partial charge is 0.122 e. The third kappa shape index (κ3) is 1.78. The second-order valence-corrected chi connectivity index (χ2v) is 5.39. The molecule has 2 rings (SSSR count). The van der Waals surface area contributed by atoms with Crippen LogP contribution in [0.4, 0.5) is 0 Å². The lowest BCUT2D eigenvalue weighted by Crippen LogP contribution is -2.06. The zero-order chi connectivity index (χ0) is 12.8. The number of nitrogens with two attached hydrogens (primary N) is 1. The Kier molecular flexibility index (Phi) is 2.82. The van der Waals surface area contributed by atoms with Crippen LogP contribution < -0.4 is 15.2 Å². The standard InChI is InChI=1S/C14H21NO2/c1-8-6-11(17-5)9(7-10(8)16-4)12-13(15)14(12,2)3/h6-7,12-13H,15H2,1-5H3. The lowest BCUT2D eigenvalue weighted by atomic mass is 10.00. The minimum absolute atomic E-state index is 0.146. The Morgan fingerprint density at radius 2 is 1.65 bits per heavy atom. The summed E-state index contributed by atoms with van der Waals surface area (Å²) in [7, 11) is 3.39. The number of benzene rings is 1. The number of ether oxygens (including phenoxy) is 2. The number of hydrogen-bond donors (Lipinski definition) is 1. The van der Waals surface area contributed by atoms with Gasteiger partial charge in [-0.2, -0.15) is 0 Å². The fraction of sp³-hybridized carbons (Fsp3) is 0.571. The van der Waals surface area contributed by atoms with E-state index in [4.69, 9.17) is 15.2 Å². The molecule has 0 aliphatic heterocycles. The van der Waals surface area contributed by atoms with E-state index in [-0.39, 0.29) is 11.5 Å². The molecule has 1 saturated carbocycles. The molecule has 1 aliphatic carbocycles. The SMILES string of the molecule is COc1cc(C2C(N)C2(C)C)c(OC)cc1C. The zero-order valence-electron chi connectivity index (χ0n) is 11.2. The average molecular weight is 235 g/mol.